The summed E-state index contributed by atoms with van der Waals surface area (Å²) in [6.45, 7) is 1.62. The number of hydrogen-bond donors (Lipinski definition) is 5. The van der Waals surface area contributed by atoms with E-state index in [1.807, 2.05) is 52.3 Å². The van der Waals surface area contributed by atoms with Crippen LogP contribution in [0.5, 0.6) is 0 Å². The van der Waals surface area contributed by atoms with Gasteiger partial charge in [-0.05, 0) is 36.1 Å². The van der Waals surface area contributed by atoms with Gasteiger partial charge in [0.05, 0.1) is 12.6 Å². The second-order valence-electron chi connectivity index (χ2n) is 10.2. The van der Waals surface area contributed by atoms with Crippen molar-refractivity contribution in [2.75, 3.05) is 41.4 Å². The zero-order valence-corrected chi connectivity index (χ0v) is 21.6. The number of rotatable bonds is 5. The van der Waals surface area contributed by atoms with E-state index in [0.717, 1.165) is 17.5 Å². The van der Waals surface area contributed by atoms with Crippen molar-refractivity contribution >= 4 is 41.7 Å². The maximum absolute atomic E-state index is 13.0. The highest BCUT2D eigenvalue weighted by molar-refractivity contribution is 6.22. The zero-order valence-electron chi connectivity index (χ0n) is 20.8. The number of carbonyl (C=O) groups excluding carboxylic acids is 1. The number of aliphatic hydroxyl groups excluding tert-OH is 1. The highest BCUT2D eigenvalue weighted by Crippen LogP contribution is 2.38. The third-order valence-corrected chi connectivity index (χ3v) is 7.31. The summed E-state index contributed by atoms with van der Waals surface area (Å²) in [5.41, 5.74) is 22.6. The number of nitrogens with two attached hydrogens (primary N) is 3. The monoisotopic (exact) mass is 537 g/mol. The standard InChI is InChI=1S/C26H31N9O2.ClH/c27-14-7-15(28)11-34(10-14)25-31-24(32-26(33-25)35-12-16(29)8-18(35)13-36)30-17-5-6-20-19-3-1-2-4-21(19)23(37)22(20)9-17;/h1-6,9,14-16,18,36H,7-8,10-13,27-29H2,(H,30,31,32,33);1H/t14-,15+,16-,18-;/m1./s1. The molecule has 200 valence electrons. The molecule has 2 saturated heterocycles. The van der Waals surface area contributed by atoms with Gasteiger partial charge in [0.1, 0.15) is 0 Å². The van der Waals surface area contributed by atoms with Gasteiger partial charge in [0.2, 0.25) is 17.8 Å². The van der Waals surface area contributed by atoms with E-state index in [4.69, 9.17) is 27.2 Å². The molecule has 0 bridgehead atoms. The van der Waals surface area contributed by atoms with Gasteiger partial charge in [-0.15, -0.1) is 12.4 Å². The van der Waals surface area contributed by atoms with Crippen LogP contribution in [0.25, 0.3) is 11.1 Å². The molecule has 0 saturated carbocycles. The van der Waals surface area contributed by atoms with E-state index in [1.165, 1.54) is 0 Å². The highest BCUT2D eigenvalue weighted by Gasteiger charge is 2.33. The Morgan fingerprint density at radius 2 is 1.50 bits per heavy atom. The lowest BCUT2D eigenvalue weighted by Crippen LogP contribution is -2.53. The molecule has 1 aromatic heterocycles. The average Bonchev–Trinajstić information content (AvgIpc) is 3.40. The normalized spacial score (nSPS) is 24.2. The van der Waals surface area contributed by atoms with Crippen LogP contribution in [0.3, 0.4) is 0 Å². The largest absolute Gasteiger partial charge is 0.394 e. The van der Waals surface area contributed by atoms with Crippen LogP contribution < -0.4 is 32.3 Å². The van der Waals surface area contributed by atoms with E-state index in [0.29, 0.717) is 60.7 Å². The Kier molecular flexibility index (Phi) is 7.21. The molecule has 3 aliphatic rings. The van der Waals surface area contributed by atoms with Gasteiger partial charge in [-0.1, -0.05) is 30.3 Å². The van der Waals surface area contributed by atoms with Crippen molar-refractivity contribution in [2.24, 2.45) is 17.2 Å². The molecule has 12 heteroatoms. The lowest BCUT2D eigenvalue weighted by atomic mass is 10.0. The number of benzene rings is 2. The molecule has 0 amide bonds. The number of nitrogens with one attached hydrogen (secondary N) is 1. The first-order valence-corrected chi connectivity index (χ1v) is 12.6. The molecular weight excluding hydrogens is 506 g/mol. The first kappa shape index (κ1) is 26.3. The number of aromatic nitrogens is 3. The number of carbonyl (C=O) groups is 1. The quantitative estimate of drug-likeness (QED) is 0.246. The van der Waals surface area contributed by atoms with Crippen molar-refractivity contribution in [3.8, 4) is 11.1 Å². The molecule has 6 rings (SSSR count). The minimum atomic E-state index is -0.180. The van der Waals surface area contributed by atoms with Crippen LogP contribution in [0.1, 0.15) is 28.8 Å². The Morgan fingerprint density at radius 3 is 2.24 bits per heavy atom. The second-order valence-corrected chi connectivity index (χ2v) is 10.2. The third-order valence-electron chi connectivity index (χ3n) is 7.31. The molecule has 3 aromatic rings. The number of nitrogens with zero attached hydrogens (tertiary/aromatic N) is 5. The van der Waals surface area contributed by atoms with Crippen LogP contribution in [0, 0.1) is 0 Å². The van der Waals surface area contributed by atoms with E-state index in [2.05, 4.69) is 10.3 Å². The first-order valence-electron chi connectivity index (χ1n) is 12.6. The molecule has 2 aromatic carbocycles. The molecule has 2 aliphatic heterocycles. The fraction of sp³-hybridized carbons (Fsp3) is 0.385. The van der Waals surface area contributed by atoms with Crippen LogP contribution in [-0.4, -0.2) is 76.3 Å². The van der Waals surface area contributed by atoms with Crippen molar-refractivity contribution in [2.45, 2.75) is 37.0 Å². The molecule has 1 aliphatic carbocycles. The Labute approximate surface area is 226 Å². The summed E-state index contributed by atoms with van der Waals surface area (Å²) < 4.78 is 0. The van der Waals surface area contributed by atoms with Crippen molar-refractivity contribution in [3.05, 3.63) is 53.6 Å². The maximum Gasteiger partial charge on any atom is 0.233 e. The van der Waals surface area contributed by atoms with Gasteiger partial charge in [0.25, 0.3) is 0 Å². The van der Waals surface area contributed by atoms with Crippen molar-refractivity contribution in [1.82, 2.24) is 15.0 Å². The Hall–Kier alpha value is -3.35. The molecule has 38 heavy (non-hydrogen) atoms. The molecular formula is C26H32ClN9O2. The summed E-state index contributed by atoms with van der Waals surface area (Å²) in [5.74, 6) is 1.21. The van der Waals surface area contributed by atoms with Crippen LogP contribution in [0.4, 0.5) is 23.5 Å². The lowest BCUT2D eigenvalue weighted by Gasteiger charge is -2.35. The molecule has 4 atom stereocenters. The topological polar surface area (TPSA) is 173 Å². The van der Waals surface area contributed by atoms with E-state index < -0.39 is 0 Å². The van der Waals surface area contributed by atoms with Crippen molar-refractivity contribution in [3.63, 3.8) is 0 Å². The minimum absolute atomic E-state index is 0. The molecule has 8 N–H and O–H groups in total. The Balaban J connectivity index is 0.00000294. The Morgan fingerprint density at radius 1 is 0.842 bits per heavy atom. The van der Waals surface area contributed by atoms with E-state index in [-0.39, 0.29) is 49.0 Å². The van der Waals surface area contributed by atoms with Gasteiger partial charge in [-0.3, -0.25) is 4.79 Å². The van der Waals surface area contributed by atoms with Crippen LogP contribution >= 0.6 is 12.4 Å². The smallest absolute Gasteiger partial charge is 0.233 e. The number of hydrogen-bond acceptors (Lipinski definition) is 11. The zero-order chi connectivity index (χ0) is 25.7. The lowest BCUT2D eigenvalue weighted by molar-refractivity contribution is 0.104. The fourth-order valence-corrected chi connectivity index (χ4v) is 5.63. The van der Waals surface area contributed by atoms with Gasteiger partial charge in [-0.25, -0.2) is 0 Å². The van der Waals surface area contributed by atoms with Crippen LogP contribution in [-0.2, 0) is 0 Å². The third kappa shape index (κ3) is 4.79. The maximum atomic E-state index is 13.0. The second kappa shape index (κ2) is 10.4. The van der Waals surface area contributed by atoms with Crippen molar-refractivity contribution < 1.29 is 9.90 Å². The first-order chi connectivity index (χ1) is 17.9. The average molecular weight is 538 g/mol. The Bertz CT molecular complexity index is 1350. The predicted octanol–water partition coefficient (Wildman–Crippen LogP) is 1.01. The summed E-state index contributed by atoms with van der Waals surface area (Å²) >= 11 is 0. The number of fused-ring (bicyclic) bond motifs is 3. The fourth-order valence-electron chi connectivity index (χ4n) is 5.63. The van der Waals surface area contributed by atoms with Crippen LogP contribution in [0.2, 0.25) is 0 Å². The number of anilines is 4. The van der Waals surface area contributed by atoms with Gasteiger partial charge in [-0.2, -0.15) is 15.0 Å². The predicted molar refractivity (Wildman–Crippen MR) is 149 cm³/mol. The summed E-state index contributed by atoms with van der Waals surface area (Å²) in [6.07, 6.45) is 1.38. The van der Waals surface area contributed by atoms with Gasteiger partial charge in [0.15, 0.2) is 5.78 Å². The molecule has 11 nitrogen and oxygen atoms in total. The summed E-state index contributed by atoms with van der Waals surface area (Å²) in [7, 11) is 0. The SMILES string of the molecule is Cl.N[C@@H]1C[C@H](N)CN(c2nc(Nc3ccc4c(c3)C(=O)c3ccccc3-4)nc(N3C[C@H](N)C[C@@H]3CO)n2)C1. The van der Waals surface area contributed by atoms with Gasteiger partial charge >= 0.3 is 0 Å². The van der Waals surface area contributed by atoms with E-state index >= 15 is 0 Å². The van der Waals surface area contributed by atoms with Crippen LogP contribution in [0.15, 0.2) is 42.5 Å². The number of halogens is 1. The molecule has 3 heterocycles. The molecule has 0 unspecified atom stereocenters. The van der Waals surface area contributed by atoms with E-state index in [1.54, 1.807) is 0 Å². The summed E-state index contributed by atoms with van der Waals surface area (Å²) in [5, 5.41) is 13.2. The number of aliphatic hydroxyl groups is 1. The van der Waals surface area contributed by atoms with E-state index in [9.17, 15) is 9.90 Å². The molecule has 2 fully saturated rings. The number of piperidine rings is 1. The summed E-state index contributed by atoms with van der Waals surface area (Å²) in [6, 6.07) is 12.9. The summed E-state index contributed by atoms with van der Waals surface area (Å²) in [4.78, 5) is 31.0. The number of ketones is 1. The van der Waals surface area contributed by atoms with Gasteiger partial charge in [0, 0.05) is 54.6 Å². The van der Waals surface area contributed by atoms with Gasteiger partial charge < -0.3 is 37.4 Å². The molecule has 0 radical (unpaired) electrons. The van der Waals surface area contributed by atoms with Crippen molar-refractivity contribution in [1.29, 1.82) is 0 Å². The highest BCUT2D eigenvalue weighted by atomic mass is 35.5. The molecule has 0 spiro atoms. The minimum Gasteiger partial charge on any atom is -0.394 e.